The second-order valence-corrected chi connectivity index (χ2v) is 8.60. The van der Waals surface area contributed by atoms with Crippen LogP contribution < -0.4 is 15.5 Å². The number of urea groups is 1. The van der Waals surface area contributed by atoms with Gasteiger partial charge < -0.3 is 15.5 Å². The molecule has 0 aliphatic carbocycles. The fourth-order valence-electron chi connectivity index (χ4n) is 3.44. The highest BCUT2D eigenvalue weighted by molar-refractivity contribution is 6.30. The Hall–Kier alpha value is -2.53. The molecule has 148 valence electrons. The molecule has 6 heteroatoms. The maximum Gasteiger partial charge on any atom is 0.319 e. The number of carbonyl (C=O) groups is 2. The molecule has 0 saturated carbocycles. The van der Waals surface area contributed by atoms with Gasteiger partial charge in [-0.25, -0.2) is 4.79 Å². The summed E-state index contributed by atoms with van der Waals surface area (Å²) in [7, 11) is 0. The minimum atomic E-state index is -0.312. The molecule has 1 atom stereocenters. The number of benzene rings is 2. The molecule has 28 heavy (non-hydrogen) atoms. The molecular formula is C22H26ClN3O2. The van der Waals surface area contributed by atoms with Gasteiger partial charge in [0.1, 0.15) is 0 Å². The molecule has 1 aliphatic heterocycles. The van der Waals surface area contributed by atoms with Crippen LogP contribution in [0.3, 0.4) is 0 Å². The minimum Gasteiger partial charge on any atom is -0.333 e. The molecule has 0 radical (unpaired) electrons. The highest BCUT2D eigenvalue weighted by Crippen LogP contribution is 2.36. The van der Waals surface area contributed by atoms with Crippen LogP contribution in [-0.4, -0.2) is 17.5 Å². The van der Waals surface area contributed by atoms with Crippen LogP contribution in [0.15, 0.2) is 42.5 Å². The topological polar surface area (TPSA) is 61.4 Å². The van der Waals surface area contributed by atoms with Gasteiger partial charge in [-0.15, -0.1) is 0 Å². The van der Waals surface area contributed by atoms with Gasteiger partial charge in [-0.1, -0.05) is 23.7 Å². The number of anilines is 2. The van der Waals surface area contributed by atoms with Gasteiger partial charge in [0.2, 0.25) is 5.91 Å². The van der Waals surface area contributed by atoms with Gasteiger partial charge in [0.15, 0.2) is 0 Å². The monoisotopic (exact) mass is 399 g/mol. The van der Waals surface area contributed by atoms with Gasteiger partial charge >= 0.3 is 6.03 Å². The van der Waals surface area contributed by atoms with Crippen molar-refractivity contribution in [1.29, 1.82) is 0 Å². The summed E-state index contributed by atoms with van der Waals surface area (Å²) in [6.45, 7) is 7.79. The van der Waals surface area contributed by atoms with Gasteiger partial charge in [-0.3, -0.25) is 4.79 Å². The summed E-state index contributed by atoms with van der Waals surface area (Å²) in [5.41, 5.74) is 3.31. The molecule has 3 amide bonds. The maximum atomic E-state index is 12.7. The number of nitrogens with zero attached hydrogens (tertiary/aromatic N) is 1. The Balaban J connectivity index is 1.85. The van der Waals surface area contributed by atoms with Crippen molar-refractivity contribution < 1.29 is 9.59 Å². The quantitative estimate of drug-likeness (QED) is 0.735. The van der Waals surface area contributed by atoms with E-state index in [9.17, 15) is 9.59 Å². The van der Waals surface area contributed by atoms with Crippen LogP contribution in [0.5, 0.6) is 0 Å². The summed E-state index contributed by atoms with van der Waals surface area (Å²) >= 11 is 6.13. The average Bonchev–Trinajstić information content (AvgIpc) is 2.59. The Bertz CT molecular complexity index is 905. The predicted molar refractivity (Wildman–Crippen MR) is 114 cm³/mol. The van der Waals surface area contributed by atoms with Gasteiger partial charge in [0.25, 0.3) is 0 Å². The number of hydrogen-bond donors (Lipinski definition) is 2. The summed E-state index contributed by atoms with van der Waals surface area (Å²) < 4.78 is 0. The van der Waals surface area contributed by atoms with E-state index in [2.05, 4.69) is 10.6 Å². The van der Waals surface area contributed by atoms with Crippen LogP contribution in [0.1, 0.15) is 51.3 Å². The van der Waals surface area contributed by atoms with E-state index in [4.69, 9.17) is 11.6 Å². The number of hydrogen-bond acceptors (Lipinski definition) is 2. The van der Waals surface area contributed by atoms with Crippen LogP contribution in [0, 0.1) is 0 Å². The van der Waals surface area contributed by atoms with E-state index in [0.29, 0.717) is 23.6 Å². The van der Waals surface area contributed by atoms with Gasteiger partial charge in [0, 0.05) is 28.4 Å². The van der Waals surface area contributed by atoms with Crippen LogP contribution in [0.2, 0.25) is 5.02 Å². The van der Waals surface area contributed by atoms with Crippen LogP contribution in [0.25, 0.3) is 0 Å². The van der Waals surface area contributed by atoms with Crippen molar-refractivity contribution in [2.24, 2.45) is 0 Å². The Kier molecular flexibility index (Phi) is 5.66. The average molecular weight is 400 g/mol. The molecule has 0 spiro atoms. The first kappa shape index (κ1) is 20.2. The van der Waals surface area contributed by atoms with Crippen molar-refractivity contribution >= 4 is 34.9 Å². The molecule has 0 aromatic heterocycles. The van der Waals surface area contributed by atoms with Crippen molar-refractivity contribution in [2.75, 3.05) is 10.2 Å². The third kappa shape index (κ3) is 4.65. The van der Waals surface area contributed by atoms with Crippen molar-refractivity contribution in [3.05, 3.63) is 58.6 Å². The standard InChI is InChI=1S/C22H26ClN3O2/c1-14(15-6-5-7-17(23)12-15)26-19-10-9-18(13-16(19)8-11-20(26)27)24-21(28)25-22(2,3)4/h5-7,9-10,12-14H,8,11H2,1-4H3,(H2,24,25,28). The number of nitrogens with one attached hydrogen (secondary N) is 2. The number of fused-ring (bicyclic) bond motifs is 1. The Morgan fingerprint density at radius 3 is 2.57 bits per heavy atom. The van der Waals surface area contributed by atoms with E-state index in [0.717, 1.165) is 16.8 Å². The molecule has 2 N–H and O–H groups in total. The second kappa shape index (κ2) is 7.84. The van der Waals surface area contributed by atoms with E-state index in [1.165, 1.54) is 0 Å². The van der Waals surface area contributed by atoms with Gasteiger partial charge in [0.05, 0.1) is 6.04 Å². The molecule has 0 fully saturated rings. The number of amides is 3. The molecule has 2 aromatic carbocycles. The van der Waals surface area contributed by atoms with E-state index in [-0.39, 0.29) is 23.5 Å². The molecule has 1 unspecified atom stereocenters. The van der Waals surface area contributed by atoms with Crippen molar-refractivity contribution in [1.82, 2.24) is 5.32 Å². The zero-order valence-corrected chi connectivity index (χ0v) is 17.4. The van der Waals surface area contributed by atoms with E-state index in [1.54, 1.807) is 0 Å². The first-order chi connectivity index (χ1) is 13.1. The number of rotatable bonds is 3. The van der Waals surface area contributed by atoms with Crippen LogP contribution >= 0.6 is 11.6 Å². The van der Waals surface area contributed by atoms with Crippen molar-refractivity contribution in [3.63, 3.8) is 0 Å². The minimum absolute atomic E-state index is 0.0890. The maximum absolute atomic E-state index is 12.7. The van der Waals surface area contributed by atoms with Crippen LogP contribution in [0.4, 0.5) is 16.2 Å². The molecular weight excluding hydrogens is 374 g/mol. The fraction of sp³-hybridized carbons (Fsp3) is 0.364. The first-order valence-corrected chi connectivity index (χ1v) is 9.81. The summed E-state index contributed by atoms with van der Waals surface area (Å²) in [5, 5.41) is 6.40. The lowest BCUT2D eigenvalue weighted by molar-refractivity contribution is -0.119. The summed E-state index contributed by atoms with van der Waals surface area (Å²) in [6.07, 6.45) is 1.10. The number of halogens is 1. The lowest BCUT2D eigenvalue weighted by Gasteiger charge is -2.35. The molecule has 0 bridgehead atoms. The summed E-state index contributed by atoms with van der Waals surface area (Å²) in [4.78, 5) is 26.7. The SMILES string of the molecule is CC(c1cccc(Cl)c1)N1C(=O)CCc2cc(NC(=O)NC(C)(C)C)ccc21. The normalized spacial score (nSPS) is 15.0. The molecule has 5 nitrogen and oxygen atoms in total. The molecule has 2 aromatic rings. The Morgan fingerprint density at radius 2 is 1.89 bits per heavy atom. The second-order valence-electron chi connectivity index (χ2n) is 8.17. The van der Waals surface area contributed by atoms with Gasteiger partial charge in [-0.05, 0) is 75.6 Å². The largest absolute Gasteiger partial charge is 0.333 e. The highest BCUT2D eigenvalue weighted by Gasteiger charge is 2.29. The first-order valence-electron chi connectivity index (χ1n) is 9.44. The fourth-order valence-corrected chi connectivity index (χ4v) is 3.64. The van der Waals surface area contributed by atoms with Crippen LogP contribution in [-0.2, 0) is 11.2 Å². The zero-order chi connectivity index (χ0) is 20.5. The van der Waals surface area contributed by atoms with Gasteiger partial charge in [-0.2, -0.15) is 0 Å². The predicted octanol–water partition coefficient (Wildman–Crippen LogP) is 5.30. The molecule has 1 heterocycles. The smallest absolute Gasteiger partial charge is 0.319 e. The summed E-state index contributed by atoms with van der Waals surface area (Å²) in [5.74, 6) is 0.0890. The third-order valence-corrected chi connectivity index (χ3v) is 4.92. The van der Waals surface area contributed by atoms with Crippen molar-refractivity contribution in [3.8, 4) is 0 Å². The zero-order valence-electron chi connectivity index (χ0n) is 16.7. The molecule has 3 rings (SSSR count). The lowest BCUT2D eigenvalue weighted by atomic mass is 9.96. The number of carbonyl (C=O) groups excluding carboxylic acids is 2. The molecule has 1 aliphatic rings. The number of aryl methyl sites for hydroxylation is 1. The Labute approximate surface area is 171 Å². The highest BCUT2D eigenvalue weighted by atomic mass is 35.5. The third-order valence-electron chi connectivity index (χ3n) is 4.68. The lowest BCUT2D eigenvalue weighted by Crippen LogP contribution is -2.43. The Morgan fingerprint density at radius 1 is 1.14 bits per heavy atom. The molecule has 0 saturated heterocycles. The van der Waals surface area contributed by atoms with E-state index >= 15 is 0 Å². The summed E-state index contributed by atoms with van der Waals surface area (Å²) in [6, 6.07) is 12.9. The van der Waals surface area contributed by atoms with Crippen molar-refractivity contribution in [2.45, 2.75) is 52.1 Å². The van der Waals surface area contributed by atoms with E-state index in [1.807, 2.05) is 75.1 Å². The van der Waals surface area contributed by atoms with E-state index < -0.39 is 0 Å².